The summed E-state index contributed by atoms with van der Waals surface area (Å²) in [5.74, 6) is 3.26. The van der Waals surface area contributed by atoms with E-state index in [1.54, 1.807) is 32.8 Å². The summed E-state index contributed by atoms with van der Waals surface area (Å²) >= 11 is 0. The molecule has 0 aromatic carbocycles. The zero-order valence-electron chi connectivity index (χ0n) is 13.3. The van der Waals surface area contributed by atoms with Crippen LogP contribution in [0.3, 0.4) is 0 Å². The van der Waals surface area contributed by atoms with Crippen LogP contribution in [0.1, 0.15) is 64.2 Å². The van der Waals surface area contributed by atoms with Crippen molar-refractivity contribution < 1.29 is 4.74 Å². The van der Waals surface area contributed by atoms with Crippen molar-refractivity contribution in [3.05, 3.63) is 0 Å². The molecule has 0 saturated heterocycles. The minimum Gasteiger partial charge on any atom is -0.383 e. The van der Waals surface area contributed by atoms with Gasteiger partial charge in [-0.3, -0.25) is 0 Å². The highest BCUT2D eigenvalue weighted by Gasteiger charge is 2.43. The molecule has 3 unspecified atom stereocenters. The van der Waals surface area contributed by atoms with Crippen LogP contribution in [0, 0.1) is 23.2 Å². The van der Waals surface area contributed by atoms with E-state index < -0.39 is 0 Å². The summed E-state index contributed by atoms with van der Waals surface area (Å²) in [4.78, 5) is 0. The first-order valence-corrected chi connectivity index (χ1v) is 9.01. The van der Waals surface area contributed by atoms with Crippen molar-refractivity contribution in [1.82, 2.24) is 5.32 Å². The highest BCUT2D eigenvalue weighted by molar-refractivity contribution is 4.95. The second-order valence-electron chi connectivity index (χ2n) is 7.87. The Hall–Kier alpha value is -0.0800. The standard InChI is InChI=1S/C18H33NO/c1-20-10-9-19-14-18(7-3-2-4-8-18)13-17-12-15-5-6-16(17)11-15/h15-17,19H,2-14H2,1H3. The Bertz CT molecular complexity index is 298. The number of nitrogens with one attached hydrogen (secondary N) is 1. The third-order valence-corrected chi connectivity index (χ3v) is 6.48. The average molecular weight is 279 g/mol. The third-order valence-electron chi connectivity index (χ3n) is 6.48. The molecule has 0 heterocycles. The third kappa shape index (κ3) is 3.39. The molecular weight excluding hydrogens is 246 g/mol. The fourth-order valence-electron chi connectivity index (χ4n) is 5.47. The Balaban J connectivity index is 1.54. The molecule has 116 valence electrons. The van der Waals surface area contributed by atoms with Gasteiger partial charge in [0.2, 0.25) is 0 Å². The number of hydrogen-bond acceptors (Lipinski definition) is 2. The maximum atomic E-state index is 5.18. The fraction of sp³-hybridized carbons (Fsp3) is 1.00. The quantitative estimate of drug-likeness (QED) is 0.711. The maximum Gasteiger partial charge on any atom is 0.0587 e. The normalized spacial score (nSPS) is 35.5. The monoisotopic (exact) mass is 279 g/mol. The van der Waals surface area contributed by atoms with Crippen molar-refractivity contribution in [2.75, 3.05) is 26.8 Å². The van der Waals surface area contributed by atoms with Gasteiger partial charge in [-0.25, -0.2) is 0 Å². The molecule has 2 bridgehead atoms. The molecule has 0 spiro atoms. The Kier molecular flexibility index (Phi) is 5.04. The smallest absolute Gasteiger partial charge is 0.0587 e. The molecule has 0 aromatic heterocycles. The van der Waals surface area contributed by atoms with Gasteiger partial charge in [-0.2, -0.15) is 0 Å². The number of fused-ring (bicyclic) bond motifs is 2. The van der Waals surface area contributed by atoms with Gasteiger partial charge in [-0.15, -0.1) is 0 Å². The summed E-state index contributed by atoms with van der Waals surface area (Å²) in [6.07, 6.45) is 15.1. The fourth-order valence-corrected chi connectivity index (χ4v) is 5.47. The largest absolute Gasteiger partial charge is 0.383 e. The van der Waals surface area contributed by atoms with Gasteiger partial charge >= 0.3 is 0 Å². The predicted molar refractivity (Wildman–Crippen MR) is 83.8 cm³/mol. The molecule has 3 aliphatic carbocycles. The lowest BCUT2D eigenvalue weighted by atomic mass is 9.66. The minimum atomic E-state index is 0.626. The van der Waals surface area contributed by atoms with Crippen molar-refractivity contribution in [1.29, 1.82) is 0 Å². The summed E-state index contributed by atoms with van der Waals surface area (Å²) in [7, 11) is 1.80. The lowest BCUT2D eigenvalue weighted by Gasteiger charge is -2.41. The Labute approximate surface area is 125 Å². The number of ether oxygens (including phenoxy) is 1. The number of hydrogen-bond donors (Lipinski definition) is 1. The molecule has 20 heavy (non-hydrogen) atoms. The molecule has 0 amide bonds. The molecule has 0 aliphatic heterocycles. The number of methoxy groups -OCH3 is 1. The molecule has 3 atom stereocenters. The lowest BCUT2D eigenvalue weighted by Crippen LogP contribution is -2.39. The second kappa shape index (κ2) is 6.79. The molecule has 0 radical (unpaired) electrons. The predicted octanol–water partition coefficient (Wildman–Crippen LogP) is 4.00. The van der Waals surface area contributed by atoms with Crippen LogP contribution < -0.4 is 5.32 Å². The van der Waals surface area contributed by atoms with E-state index in [1.165, 1.54) is 45.1 Å². The van der Waals surface area contributed by atoms with E-state index in [4.69, 9.17) is 4.74 Å². The minimum absolute atomic E-state index is 0.626. The van der Waals surface area contributed by atoms with Crippen LogP contribution in [0.2, 0.25) is 0 Å². The zero-order chi connectivity index (χ0) is 13.8. The SMILES string of the molecule is COCCNCC1(CC2CC3CCC2C3)CCCCC1. The van der Waals surface area contributed by atoms with E-state index in [2.05, 4.69) is 5.32 Å². The van der Waals surface area contributed by atoms with Crippen molar-refractivity contribution in [3.8, 4) is 0 Å². The summed E-state index contributed by atoms with van der Waals surface area (Å²) < 4.78 is 5.18. The second-order valence-corrected chi connectivity index (χ2v) is 7.87. The van der Waals surface area contributed by atoms with Gasteiger partial charge in [-0.05, 0) is 61.7 Å². The highest BCUT2D eigenvalue weighted by atomic mass is 16.5. The molecule has 3 fully saturated rings. The molecule has 0 aromatic rings. The summed E-state index contributed by atoms with van der Waals surface area (Å²) in [5, 5.41) is 3.69. The Morgan fingerprint density at radius 3 is 2.60 bits per heavy atom. The maximum absolute atomic E-state index is 5.18. The summed E-state index contributed by atoms with van der Waals surface area (Å²) in [6.45, 7) is 3.11. The van der Waals surface area contributed by atoms with Gasteiger partial charge in [0.25, 0.3) is 0 Å². The highest BCUT2D eigenvalue weighted by Crippen LogP contribution is 2.54. The molecule has 3 aliphatic rings. The molecule has 3 rings (SSSR count). The van der Waals surface area contributed by atoms with Gasteiger partial charge in [0.05, 0.1) is 6.61 Å². The van der Waals surface area contributed by atoms with Crippen LogP contribution in [0.5, 0.6) is 0 Å². The van der Waals surface area contributed by atoms with Crippen molar-refractivity contribution >= 4 is 0 Å². The van der Waals surface area contributed by atoms with Gasteiger partial charge < -0.3 is 10.1 Å². The van der Waals surface area contributed by atoms with E-state index in [0.717, 1.165) is 30.9 Å². The summed E-state index contributed by atoms with van der Waals surface area (Å²) in [6, 6.07) is 0. The van der Waals surface area contributed by atoms with Gasteiger partial charge in [-0.1, -0.05) is 25.7 Å². The van der Waals surface area contributed by atoms with E-state index in [9.17, 15) is 0 Å². The van der Waals surface area contributed by atoms with Crippen molar-refractivity contribution in [3.63, 3.8) is 0 Å². The van der Waals surface area contributed by atoms with Crippen LogP contribution in [-0.2, 0) is 4.74 Å². The van der Waals surface area contributed by atoms with Crippen molar-refractivity contribution in [2.24, 2.45) is 23.2 Å². The van der Waals surface area contributed by atoms with Crippen molar-refractivity contribution in [2.45, 2.75) is 64.2 Å². The van der Waals surface area contributed by atoms with Crippen LogP contribution >= 0.6 is 0 Å². The Morgan fingerprint density at radius 1 is 1.10 bits per heavy atom. The molecule has 2 heteroatoms. The van der Waals surface area contributed by atoms with E-state index in [-0.39, 0.29) is 0 Å². The zero-order valence-corrected chi connectivity index (χ0v) is 13.3. The van der Waals surface area contributed by atoms with Gasteiger partial charge in [0.1, 0.15) is 0 Å². The topological polar surface area (TPSA) is 21.3 Å². The van der Waals surface area contributed by atoms with Crippen LogP contribution in [0.25, 0.3) is 0 Å². The van der Waals surface area contributed by atoms with Crippen LogP contribution in [0.15, 0.2) is 0 Å². The average Bonchev–Trinajstić information content (AvgIpc) is 3.07. The molecular formula is C18H33NO. The Morgan fingerprint density at radius 2 is 1.95 bits per heavy atom. The molecule has 3 saturated carbocycles. The first kappa shape index (κ1) is 14.8. The number of rotatable bonds is 7. The van der Waals surface area contributed by atoms with E-state index in [1.807, 2.05) is 0 Å². The van der Waals surface area contributed by atoms with Gasteiger partial charge in [0.15, 0.2) is 0 Å². The van der Waals surface area contributed by atoms with E-state index in [0.29, 0.717) is 5.41 Å². The van der Waals surface area contributed by atoms with Crippen LogP contribution in [-0.4, -0.2) is 26.8 Å². The molecule has 1 N–H and O–H groups in total. The molecule has 2 nitrogen and oxygen atoms in total. The lowest BCUT2D eigenvalue weighted by molar-refractivity contribution is 0.111. The van der Waals surface area contributed by atoms with E-state index >= 15 is 0 Å². The first-order valence-electron chi connectivity index (χ1n) is 9.01. The van der Waals surface area contributed by atoms with Crippen LogP contribution in [0.4, 0.5) is 0 Å². The first-order chi connectivity index (χ1) is 9.81. The summed E-state index contributed by atoms with van der Waals surface area (Å²) in [5.41, 5.74) is 0.626. The van der Waals surface area contributed by atoms with Gasteiger partial charge in [0, 0.05) is 20.2 Å².